The van der Waals surface area contributed by atoms with Gasteiger partial charge in [0.15, 0.2) is 6.61 Å². The molecule has 0 radical (unpaired) electrons. The summed E-state index contributed by atoms with van der Waals surface area (Å²) in [5.41, 5.74) is 2.10. The third-order valence-corrected chi connectivity index (χ3v) is 4.15. The van der Waals surface area contributed by atoms with E-state index in [2.05, 4.69) is 5.32 Å². The number of halogens is 3. The van der Waals surface area contributed by atoms with Crippen LogP contribution in [0.5, 0.6) is 5.75 Å². The Morgan fingerprint density at radius 1 is 1.30 bits per heavy atom. The van der Waals surface area contributed by atoms with E-state index in [0.29, 0.717) is 30.8 Å². The molecular weight excluding hydrogens is 363 g/mol. The van der Waals surface area contributed by atoms with Gasteiger partial charge in [-0.25, -0.2) is 0 Å². The first kappa shape index (κ1) is 21.0. The lowest BCUT2D eigenvalue weighted by molar-refractivity contribution is -0.153. The standard InChI is InChI=1S/C18H24F3N3O3/c1-12-6-14(7-13(2)17(12)27-11-18(19,20)21)8-23(3)10-16(26)24-5-4-22-15(25)9-24/h6-7H,4-5,8-11H2,1-3H3,(H,22,25). The Balaban J connectivity index is 1.96. The third kappa shape index (κ3) is 6.42. The molecule has 1 fully saturated rings. The molecule has 2 amide bonds. The van der Waals surface area contributed by atoms with Crippen molar-refractivity contribution in [3.8, 4) is 5.75 Å². The quantitative estimate of drug-likeness (QED) is 0.806. The smallest absolute Gasteiger partial charge is 0.422 e. The number of likely N-dealkylation sites (N-methyl/N-ethyl adjacent to an activating group) is 1. The van der Waals surface area contributed by atoms with E-state index in [1.54, 1.807) is 37.9 Å². The Kier molecular flexibility index (Phi) is 6.69. The van der Waals surface area contributed by atoms with Crippen LogP contribution in [-0.4, -0.2) is 67.6 Å². The number of ether oxygens (including phenoxy) is 1. The van der Waals surface area contributed by atoms with Gasteiger partial charge in [0.25, 0.3) is 0 Å². The van der Waals surface area contributed by atoms with Crippen molar-refractivity contribution in [1.82, 2.24) is 15.1 Å². The summed E-state index contributed by atoms with van der Waals surface area (Å²) in [5, 5.41) is 2.67. The minimum absolute atomic E-state index is 0.0656. The van der Waals surface area contributed by atoms with Crippen molar-refractivity contribution in [2.45, 2.75) is 26.6 Å². The molecule has 6 nitrogen and oxygen atoms in total. The first-order chi connectivity index (χ1) is 12.5. The number of rotatable bonds is 6. The van der Waals surface area contributed by atoms with Crippen LogP contribution in [0.15, 0.2) is 12.1 Å². The molecule has 1 aliphatic rings. The Bertz CT molecular complexity index is 684. The first-order valence-corrected chi connectivity index (χ1v) is 8.58. The number of hydrogen-bond donors (Lipinski definition) is 1. The zero-order valence-corrected chi connectivity index (χ0v) is 15.7. The Labute approximate surface area is 156 Å². The predicted octanol–water partition coefficient (Wildman–Crippen LogP) is 1.63. The Morgan fingerprint density at radius 3 is 2.48 bits per heavy atom. The van der Waals surface area contributed by atoms with Gasteiger partial charge >= 0.3 is 6.18 Å². The van der Waals surface area contributed by atoms with Gasteiger partial charge in [-0.1, -0.05) is 12.1 Å². The number of amides is 2. The zero-order valence-electron chi connectivity index (χ0n) is 15.7. The SMILES string of the molecule is Cc1cc(CN(C)CC(=O)N2CCNC(=O)C2)cc(C)c1OCC(F)(F)F. The number of nitrogens with one attached hydrogen (secondary N) is 1. The van der Waals surface area contributed by atoms with Crippen molar-refractivity contribution in [3.63, 3.8) is 0 Å². The first-order valence-electron chi connectivity index (χ1n) is 8.58. The molecule has 0 atom stereocenters. The number of benzene rings is 1. The highest BCUT2D eigenvalue weighted by Crippen LogP contribution is 2.27. The fraction of sp³-hybridized carbons (Fsp3) is 0.556. The van der Waals surface area contributed by atoms with Gasteiger partial charge in [0.2, 0.25) is 11.8 Å². The van der Waals surface area contributed by atoms with Gasteiger partial charge in [-0.15, -0.1) is 0 Å². The number of aryl methyl sites for hydroxylation is 2. The number of hydrogen-bond acceptors (Lipinski definition) is 4. The normalized spacial score (nSPS) is 15.1. The second-order valence-electron chi connectivity index (χ2n) is 6.80. The van der Waals surface area contributed by atoms with Crippen LogP contribution in [-0.2, 0) is 16.1 Å². The van der Waals surface area contributed by atoms with Crippen LogP contribution in [0.3, 0.4) is 0 Å². The molecule has 1 aromatic rings. The summed E-state index contributed by atoms with van der Waals surface area (Å²) in [6, 6.07) is 3.52. The molecule has 150 valence electrons. The molecule has 1 N–H and O–H groups in total. The average Bonchev–Trinajstić information content (AvgIpc) is 2.52. The minimum atomic E-state index is -4.39. The topological polar surface area (TPSA) is 61.9 Å². The van der Waals surface area contributed by atoms with Crippen LogP contribution in [0.1, 0.15) is 16.7 Å². The van der Waals surface area contributed by atoms with E-state index >= 15 is 0 Å². The van der Waals surface area contributed by atoms with Gasteiger partial charge in [0, 0.05) is 19.6 Å². The number of nitrogens with zero attached hydrogens (tertiary/aromatic N) is 2. The van der Waals surface area contributed by atoms with Gasteiger partial charge in [-0.2, -0.15) is 13.2 Å². The summed E-state index contributed by atoms with van der Waals surface area (Å²) in [6.07, 6.45) is -4.39. The lowest BCUT2D eigenvalue weighted by atomic mass is 10.1. The second kappa shape index (κ2) is 8.60. The highest BCUT2D eigenvalue weighted by atomic mass is 19.4. The van der Waals surface area contributed by atoms with Gasteiger partial charge in [-0.3, -0.25) is 14.5 Å². The number of carbonyl (C=O) groups is 2. The second-order valence-corrected chi connectivity index (χ2v) is 6.80. The third-order valence-electron chi connectivity index (χ3n) is 4.15. The van der Waals surface area contributed by atoms with Crippen molar-refractivity contribution in [1.29, 1.82) is 0 Å². The molecule has 0 saturated carbocycles. The monoisotopic (exact) mass is 387 g/mol. The van der Waals surface area contributed by atoms with Gasteiger partial charge in [0.1, 0.15) is 5.75 Å². The van der Waals surface area contributed by atoms with Gasteiger partial charge in [-0.05, 0) is 37.6 Å². The fourth-order valence-corrected chi connectivity index (χ4v) is 3.06. The lowest BCUT2D eigenvalue weighted by Crippen LogP contribution is -2.52. The van der Waals surface area contributed by atoms with E-state index in [1.165, 1.54) is 4.90 Å². The van der Waals surface area contributed by atoms with E-state index in [0.717, 1.165) is 5.56 Å². The highest BCUT2D eigenvalue weighted by Gasteiger charge is 2.29. The van der Waals surface area contributed by atoms with Crippen LogP contribution in [0.2, 0.25) is 0 Å². The van der Waals surface area contributed by atoms with Gasteiger partial charge < -0.3 is 15.0 Å². The molecule has 1 heterocycles. The summed E-state index contributed by atoms with van der Waals surface area (Å²) in [7, 11) is 1.78. The largest absolute Gasteiger partial charge is 0.484 e. The highest BCUT2D eigenvalue weighted by molar-refractivity contribution is 5.86. The number of piperazine rings is 1. The van der Waals surface area contributed by atoms with E-state index < -0.39 is 12.8 Å². The molecule has 0 unspecified atom stereocenters. The van der Waals surface area contributed by atoms with E-state index in [9.17, 15) is 22.8 Å². The van der Waals surface area contributed by atoms with Crippen molar-refractivity contribution in [2.75, 3.05) is 39.8 Å². The van der Waals surface area contributed by atoms with Crippen molar-refractivity contribution >= 4 is 11.8 Å². The van der Waals surface area contributed by atoms with Crippen LogP contribution in [0, 0.1) is 13.8 Å². The van der Waals surface area contributed by atoms with Crippen LogP contribution in [0.25, 0.3) is 0 Å². The molecule has 2 rings (SSSR count). The molecule has 0 aliphatic carbocycles. The number of carbonyl (C=O) groups excluding carboxylic acids is 2. The summed E-state index contributed by atoms with van der Waals surface area (Å²) >= 11 is 0. The summed E-state index contributed by atoms with van der Waals surface area (Å²) in [5.74, 6) is -0.0713. The fourth-order valence-electron chi connectivity index (χ4n) is 3.06. The zero-order chi connectivity index (χ0) is 20.2. The van der Waals surface area contributed by atoms with Gasteiger partial charge in [0.05, 0.1) is 13.1 Å². The summed E-state index contributed by atoms with van der Waals surface area (Å²) < 4.78 is 42.0. The molecule has 9 heteroatoms. The predicted molar refractivity (Wildman–Crippen MR) is 93.4 cm³/mol. The maximum atomic E-state index is 12.4. The molecule has 0 aromatic heterocycles. The maximum absolute atomic E-state index is 12.4. The van der Waals surface area contributed by atoms with Crippen LogP contribution in [0.4, 0.5) is 13.2 Å². The molecule has 0 spiro atoms. The van der Waals surface area contributed by atoms with E-state index in [4.69, 9.17) is 4.74 Å². The van der Waals surface area contributed by atoms with E-state index in [1.807, 2.05) is 0 Å². The molecule has 0 bridgehead atoms. The Hall–Kier alpha value is -2.29. The molecule has 27 heavy (non-hydrogen) atoms. The minimum Gasteiger partial charge on any atom is -0.484 e. The molecule has 1 aromatic carbocycles. The molecule has 1 aliphatic heterocycles. The summed E-state index contributed by atoms with van der Waals surface area (Å²) in [4.78, 5) is 27.0. The van der Waals surface area contributed by atoms with Crippen molar-refractivity contribution in [2.24, 2.45) is 0 Å². The van der Waals surface area contributed by atoms with Crippen molar-refractivity contribution < 1.29 is 27.5 Å². The maximum Gasteiger partial charge on any atom is 0.422 e. The van der Waals surface area contributed by atoms with Crippen LogP contribution < -0.4 is 10.1 Å². The Morgan fingerprint density at radius 2 is 1.93 bits per heavy atom. The van der Waals surface area contributed by atoms with Crippen LogP contribution >= 0.6 is 0 Å². The van der Waals surface area contributed by atoms with E-state index in [-0.39, 0.29) is 30.7 Å². The molecular formula is C18H24F3N3O3. The average molecular weight is 387 g/mol. The van der Waals surface area contributed by atoms with Crippen molar-refractivity contribution in [3.05, 3.63) is 28.8 Å². The summed E-state index contributed by atoms with van der Waals surface area (Å²) in [6.45, 7) is 3.67. The molecule has 1 saturated heterocycles. The number of alkyl halides is 3. The lowest BCUT2D eigenvalue weighted by Gasteiger charge is -2.28.